The lowest BCUT2D eigenvalue weighted by atomic mass is 10.2. The number of aromatic nitrogens is 2. The van der Waals surface area contributed by atoms with Crippen LogP contribution >= 0.6 is 0 Å². The van der Waals surface area contributed by atoms with E-state index in [1.807, 2.05) is 0 Å². The predicted octanol–water partition coefficient (Wildman–Crippen LogP) is 4.85. The summed E-state index contributed by atoms with van der Waals surface area (Å²) < 4.78 is 37.8. The van der Waals surface area contributed by atoms with Gasteiger partial charge in [-0.3, -0.25) is 14.6 Å². The highest BCUT2D eigenvalue weighted by atomic mass is 19.1. The van der Waals surface area contributed by atoms with E-state index in [0.29, 0.717) is 22.7 Å². The monoisotopic (exact) mass is 478 g/mol. The first-order valence-corrected chi connectivity index (χ1v) is 10.5. The average molecular weight is 478 g/mol. The van der Waals surface area contributed by atoms with E-state index in [-0.39, 0.29) is 41.9 Å². The van der Waals surface area contributed by atoms with E-state index in [0.717, 1.165) is 12.1 Å². The molecule has 4 rings (SSSR count). The normalized spacial score (nSPS) is 10.6. The van der Waals surface area contributed by atoms with Gasteiger partial charge in [-0.2, -0.15) is 0 Å². The van der Waals surface area contributed by atoms with Crippen LogP contribution in [0.4, 0.5) is 20.2 Å². The van der Waals surface area contributed by atoms with Crippen molar-refractivity contribution in [2.75, 3.05) is 17.7 Å². The van der Waals surface area contributed by atoms with Crippen LogP contribution in [0.15, 0.2) is 71.5 Å². The van der Waals surface area contributed by atoms with Crippen LogP contribution < -0.4 is 15.4 Å². The minimum absolute atomic E-state index is 0.0493. The maximum atomic E-state index is 13.9. The number of nitrogens with one attached hydrogen (secondary N) is 2. The van der Waals surface area contributed by atoms with Crippen molar-refractivity contribution >= 4 is 23.2 Å². The second kappa shape index (κ2) is 10.6. The number of benzene rings is 2. The van der Waals surface area contributed by atoms with Crippen molar-refractivity contribution in [1.82, 2.24) is 9.97 Å². The molecule has 8 nitrogen and oxygen atoms in total. The van der Waals surface area contributed by atoms with Gasteiger partial charge in [-0.25, -0.2) is 13.8 Å². The van der Waals surface area contributed by atoms with Gasteiger partial charge in [0.25, 0.3) is 5.91 Å². The van der Waals surface area contributed by atoms with Crippen LogP contribution in [0.2, 0.25) is 0 Å². The summed E-state index contributed by atoms with van der Waals surface area (Å²) in [5.74, 6) is -1.37. The number of halogens is 2. The van der Waals surface area contributed by atoms with Crippen molar-refractivity contribution in [2.45, 2.75) is 12.8 Å². The molecule has 0 radical (unpaired) electrons. The Balaban J connectivity index is 1.35. The van der Waals surface area contributed by atoms with Crippen LogP contribution in [0, 0.1) is 11.6 Å². The van der Waals surface area contributed by atoms with E-state index in [4.69, 9.17) is 9.15 Å². The van der Waals surface area contributed by atoms with Crippen molar-refractivity contribution in [2.24, 2.45) is 0 Å². The Labute approximate surface area is 199 Å². The molecule has 0 bridgehead atoms. The van der Waals surface area contributed by atoms with Gasteiger partial charge in [0.05, 0.1) is 30.1 Å². The van der Waals surface area contributed by atoms with Crippen LogP contribution in [0.25, 0.3) is 11.3 Å². The molecule has 2 heterocycles. The number of pyridine rings is 1. The molecular formula is C25H20F2N4O4. The molecule has 35 heavy (non-hydrogen) atoms. The number of ether oxygens (including phenoxy) is 1. The first kappa shape index (κ1) is 23.6. The number of aryl methyl sites for hydroxylation is 1. The zero-order chi connectivity index (χ0) is 24.8. The molecule has 4 aromatic rings. The fraction of sp³-hybridized carbons (Fsp3) is 0.120. The summed E-state index contributed by atoms with van der Waals surface area (Å²) in [5.41, 5.74) is 1.37. The molecule has 2 aromatic heterocycles. The largest absolute Gasteiger partial charge is 0.494 e. The minimum atomic E-state index is -0.764. The molecule has 0 saturated carbocycles. The molecule has 10 heteroatoms. The molecule has 0 saturated heterocycles. The molecule has 0 aliphatic carbocycles. The van der Waals surface area contributed by atoms with Gasteiger partial charge < -0.3 is 19.8 Å². The average Bonchev–Trinajstić information content (AvgIpc) is 3.33. The fourth-order valence-corrected chi connectivity index (χ4v) is 3.25. The maximum absolute atomic E-state index is 13.9. The maximum Gasteiger partial charge on any atom is 0.257 e. The zero-order valence-corrected chi connectivity index (χ0v) is 18.5. The highest BCUT2D eigenvalue weighted by Gasteiger charge is 2.14. The third-order valence-electron chi connectivity index (χ3n) is 4.97. The van der Waals surface area contributed by atoms with Crippen molar-refractivity contribution in [3.63, 3.8) is 0 Å². The SMILES string of the molecule is COc1cc(NC(=O)CCc2ncc(-c3ccc(F)cc3F)o2)ccc1NC(=O)c1cccnc1. The van der Waals surface area contributed by atoms with Crippen molar-refractivity contribution in [3.05, 3.63) is 90.2 Å². The van der Waals surface area contributed by atoms with E-state index in [2.05, 4.69) is 20.6 Å². The first-order valence-electron chi connectivity index (χ1n) is 10.5. The lowest BCUT2D eigenvalue weighted by Crippen LogP contribution is -2.14. The number of anilines is 2. The van der Waals surface area contributed by atoms with Crippen molar-refractivity contribution < 1.29 is 27.5 Å². The number of rotatable bonds is 8. The molecule has 2 aromatic carbocycles. The number of amides is 2. The zero-order valence-electron chi connectivity index (χ0n) is 18.5. The second-order valence-corrected chi connectivity index (χ2v) is 7.40. The van der Waals surface area contributed by atoms with E-state index in [9.17, 15) is 18.4 Å². The van der Waals surface area contributed by atoms with Gasteiger partial charge >= 0.3 is 0 Å². The van der Waals surface area contributed by atoms with Crippen LogP contribution in [-0.4, -0.2) is 28.9 Å². The van der Waals surface area contributed by atoms with Gasteiger partial charge in [-0.05, 0) is 36.4 Å². The van der Waals surface area contributed by atoms with Gasteiger partial charge in [0.1, 0.15) is 17.4 Å². The Bertz CT molecular complexity index is 1360. The summed E-state index contributed by atoms with van der Waals surface area (Å²) in [5, 5.41) is 5.48. The Morgan fingerprint density at radius 1 is 1.06 bits per heavy atom. The van der Waals surface area contributed by atoms with Gasteiger partial charge in [0.2, 0.25) is 5.91 Å². The Morgan fingerprint density at radius 2 is 1.91 bits per heavy atom. The first-order chi connectivity index (χ1) is 16.9. The Hall–Kier alpha value is -4.60. The summed E-state index contributed by atoms with van der Waals surface area (Å²) in [7, 11) is 1.45. The van der Waals surface area contributed by atoms with E-state index in [1.165, 1.54) is 25.6 Å². The van der Waals surface area contributed by atoms with E-state index >= 15 is 0 Å². The fourth-order valence-electron chi connectivity index (χ4n) is 3.25. The number of oxazole rings is 1. The molecule has 178 valence electrons. The molecule has 0 atom stereocenters. The smallest absolute Gasteiger partial charge is 0.257 e. The number of nitrogens with zero attached hydrogens (tertiary/aromatic N) is 2. The molecular weight excluding hydrogens is 458 g/mol. The number of carbonyl (C=O) groups excluding carboxylic acids is 2. The lowest BCUT2D eigenvalue weighted by molar-refractivity contribution is -0.116. The molecule has 2 amide bonds. The molecule has 2 N–H and O–H groups in total. The van der Waals surface area contributed by atoms with Gasteiger partial charge in [0, 0.05) is 43.1 Å². The number of carbonyl (C=O) groups is 2. The molecule has 0 aliphatic rings. The summed E-state index contributed by atoms with van der Waals surface area (Å²) in [4.78, 5) is 32.7. The summed E-state index contributed by atoms with van der Waals surface area (Å²) in [6, 6.07) is 11.3. The van der Waals surface area contributed by atoms with E-state index < -0.39 is 11.6 Å². The van der Waals surface area contributed by atoms with Crippen LogP contribution in [0.3, 0.4) is 0 Å². The van der Waals surface area contributed by atoms with Crippen LogP contribution in [0.5, 0.6) is 5.75 Å². The summed E-state index contributed by atoms with van der Waals surface area (Å²) in [6.45, 7) is 0. The lowest BCUT2D eigenvalue weighted by Gasteiger charge is -2.12. The molecule has 0 fully saturated rings. The summed E-state index contributed by atoms with van der Waals surface area (Å²) >= 11 is 0. The van der Waals surface area contributed by atoms with E-state index in [1.54, 1.807) is 36.5 Å². The number of hydrogen-bond acceptors (Lipinski definition) is 6. The predicted molar refractivity (Wildman–Crippen MR) is 124 cm³/mol. The molecule has 0 unspecified atom stereocenters. The Morgan fingerprint density at radius 3 is 2.66 bits per heavy atom. The summed E-state index contributed by atoms with van der Waals surface area (Å²) in [6.07, 6.45) is 4.57. The highest BCUT2D eigenvalue weighted by Crippen LogP contribution is 2.29. The molecule has 0 aliphatic heterocycles. The van der Waals surface area contributed by atoms with Gasteiger partial charge in [-0.15, -0.1) is 0 Å². The van der Waals surface area contributed by atoms with Crippen molar-refractivity contribution in [1.29, 1.82) is 0 Å². The van der Waals surface area contributed by atoms with Gasteiger partial charge in [-0.1, -0.05) is 0 Å². The second-order valence-electron chi connectivity index (χ2n) is 7.40. The third kappa shape index (κ3) is 5.85. The Kier molecular flexibility index (Phi) is 7.10. The highest BCUT2D eigenvalue weighted by molar-refractivity contribution is 6.05. The van der Waals surface area contributed by atoms with Crippen LogP contribution in [-0.2, 0) is 11.2 Å². The standard InChI is InChI=1S/C25H20F2N4O4/c1-34-21-12-17(5-7-20(21)31-25(33)15-3-2-10-28-13-15)30-23(32)8-9-24-29-14-22(35-24)18-6-4-16(26)11-19(18)27/h2-7,10-14H,8-9H2,1H3,(H,30,32)(H,31,33). The molecule has 0 spiro atoms. The number of hydrogen-bond donors (Lipinski definition) is 2. The van der Waals surface area contributed by atoms with Crippen molar-refractivity contribution in [3.8, 4) is 17.1 Å². The minimum Gasteiger partial charge on any atom is -0.494 e. The topological polar surface area (TPSA) is 106 Å². The van der Waals surface area contributed by atoms with Crippen LogP contribution in [0.1, 0.15) is 22.7 Å². The number of methoxy groups -OCH3 is 1. The third-order valence-corrected chi connectivity index (χ3v) is 4.97. The quantitative estimate of drug-likeness (QED) is 0.375. The van der Waals surface area contributed by atoms with Gasteiger partial charge in [0.15, 0.2) is 11.7 Å².